The molecule has 8 heteroatoms. The van der Waals surface area contributed by atoms with Crippen molar-refractivity contribution in [3.8, 4) is 5.75 Å². The van der Waals surface area contributed by atoms with E-state index in [2.05, 4.69) is 9.88 Å². The summed E-state index contributed by atoms with van der Waals surface area (Å²) in [6.45, 7) is 1.86. The molecule has 1 aromatic carbocycles. The average molecular weight is 392 g/mol. The van der Waals surface area contributed by atoms with E-state index in [-0.39, 0.29) is 32.0 Å². The maximum absolute atomic E-state index is 12.1. The summed E-state index contributed by atoms with van der Waals surface area (Å²) in [6.07, 6.45) is 2.90. The van der Waals surface area contributed by atoms with Crippen molar-refractivity contribution in [3.05, 3.63) is 30.0 Å². The number of H-pyrrole nitrogens is 1. The minimum atomic E-state index is -0.897. The third kappa shape index (κ3) is 7.30. The molecule has 0 amide bonds. The Hall–Kier alpha value is -2.42. The van der Waals surface area contributed by atoms with Gasteiger partial charge < -0.3 is 29.2 Å². The highest BCUT2D eigenvalue weighted by Crippen LogP contribution is 2.29. The Labute approximate surface area is 164 Å². The van der Waals surface area contributed by atoms with E-state index >= 15 is 0 Å². The Morgan fingerprint density at radius 2 is 1.79 bits per heavy atom. The van der Waals surface area contributed by atoms with Crippen LogP contribution in [0.1, 0.15) is 18.4 Å². The van der Waals surface area contributed by atoms with Crippen LogP contribution in [0.4, 0.5) is 0 Å². The van der Waals surface area contributed by atoms with Crippen LogP contribution >= 0.6 is 0 Å². The van der Waals surface area contributed by atoms with E-state index in [0.717, 1.165) is 29.4 Å². The molecule has 154 valence electrons. The first kappa shape index (κ1) is 21.9. The second kappa shape index (κ2) is 11.4. The predicted octanol–water partition coefficient (Wildman–Crippen LogP) is 2.08. The lowest BCUT2D eigenvalue weighted by atomic mass is 10.1. The lowest BCUT2D eigenvalue weighted by Crippen LogP contribution is -2.15. The number of hydrogen-bond acceptors (Lipinski definition) is 6. The number of carbonyl (C=O) groups excluding carboxylic acids is 1. The fourth-order valence-electron chi connectivity index (χ4n) is 2.66. The van der Waals surface area contributed by atoms with Gasteiger partial charge in [-0.2, -0.15) is 0 Å². The van der Waals surface area contributed by atoms with Crippen molar-refractivity contribution in [1.29, 1.82) is 0 Å². The largest absolute Gasteiger partial charge is 0.481 e. The van der Waals surface area contributed by atoms with Gasteiger partial charge in [0.05, 0.1) is 39.3 Å². The van der Waals surface area contributed by atoms with E-state index in [9.17, 15) is 9.59 Å². The second-order valence-electron chi connectivity index (χ2n) is 6.64. The first-order valence-electron chi connectivity index (χ1n) is 9.29. The molecule has 0 spiro atoms. The molecule has 2 aromatic rings. The van der Waals surface area contributed by atoms with Crippen molar-refractivity contribution in [2.45, 2.75) is 19.3 Å². The van der Waals surface area contributed by atoms with Crippen molar-refractivity contribution in [3.63, 3.8) is 0 Å². The van der Waals surface area contributed by atoms with Gasteiger partial charge in [-0.15, -0.1) is 0 Å². The Morgan fingerprint density at radius 3 is 2.46 bits per heavy atom. The normalized spacial score (nSPS) is 11.2. The van der Waals surface area contributed by atoms with Crippen LogP contribution < -0.4 is 4.74 Å². The summed E-state index contributed by atoms with van der Waals surface area (Å²) >= 11 is 0. The Morgan fingerprint density at radius 1 is 1.07 bits per heavy atom. The number of carbonyl (C=O) groups is 2. The molecule has 1 aromatic heterocycles. The highest BCUT2D eigenvalue weighted by atomic mass is 16.5. The van der Waals surface area contributed by atoms with Gasteiger partial charge in [0.15, 0.2) is 0 Å². The summed E-state index contributed by atoms with van der Waals surface area (Å²) in [5.41, 5.74) is 2.05. The zero-order valence-corrected chi connectivity index (χ0v) is 16.4. The van der Waals surface area contributed by atoms with E-state index < -0.39 is 5.97 Å². The summed E-state index contributed by atoms with van der Waals surface area (Å²) < 4.78 is 16.0. The van der Waals surface area contributed by atoms with Gasteiger partial charge in [0, 0.05) is 23.6 Å². The van der Waals surface area contributed by atoms with Crippen LogP contribution in [0.3, 0.4) is 0 Å². The third-order valence-electron chi connectivity index (χ3n) is 4.08. The zero-order valence-electron chi connectivity index (χ0n) is 16.4. The molecule has 0 aliphatic heterocycles. The van der Waals surface area contributed by atoms with E-state index in [1.54, 1.807) is 6.07 Å². The fraction of sp³-hybridized carbons (Fsp3) is 0.500. The maximum Gasteiger partial charge on any atom is 0.313 e. The number of hydrogen-bond donors (Lipinski definition) is 2. The molecule has 0 atom stereocenters. The third-order valence-corrected chi connectivity index (χ3v) is 4.08. The molecular weight excluding hydrogens is 364 g/mol. The van der Waals surface area contributed by atoms with Gasteiger partial charge in [0.25, 0.3) is 0 Å². The lowest BCUT2D eigenvalue weighted by Gasteiger charge is -2.10. The smallest absolute Gasteiger partial charge is 0.313 e. The molecule has 2 rings (SSSR count). The Kier molecular flexibility index (Phi) is 8.93. The van der Waals surface area contributed by atoms with Crippen molar-refractivity contribution in [2.24, 2.45) is 0 Å². The summed E-state index contributed by atoms with van der Waals surface area (Å²) in [7, 11) is 4.04. The zero-order chi connectivity index (χ0) is 20.4. The SMILES string of the molecule is CN(C)CCc1c[nH]c2cccc(OC(=O)CCOCCOCCC(=O)O)c12. The Bertz CT molecular complexity index is 771. The number of esters is 1. The highest BCUT2D eigenvalue weighted by molar-refractivity contribution is 5.91. The van der Waals surface area contributed by atoms with Crippen LogP contribution in [0.15, 0.2) is 24.4 Å². The minimum Gasteiger partial charge on any atom is -0.481 e. The van der Waals surface area contributed by atoms with Gasteiger partial charge in [-0.25, -0.2) is 0 Å². The summed E-state index contributed by atoms with van der Waals surface area (Å²) in [4.78, 5) is 27.8. The minimum absolute atomic E-state index is 0.0342. The summed E-state index contributed by atoms with van der Waals surface area (Å²) in [5.74, 6) is -0.709. The fourth-order valence-corrected chi connectivity index (χ4v) is 2.66. The summed E-state index contributed by atoms with van der Waals surface area (Å²) in [5, 5.41) is 9.43. The first-order chi connectivity index (χ1) is 13.5. The molecule has 0 saturated heterocycles. The number of aromatic amines is 1. The average Bonchev–Trinajstić information content (AvgIpc) is 3.06. The number of aromatic nitrogens is 1. The Balaban J connectivity index is 1.78. The predicted molar refractivity (Wildman–Crippen MR) is 105 cm³/mol. The standard InChI is InChI=1S/C20H28N2O6/c1-22(2)9-6-15-14-21-16-4-3-5-17(20(15)16)28-19(25)8-11-27-13-12-26-10-7-18(23)24/h3-5,14,21H,6-13H2,1-2H3,(H,23,24). The van der Waals surface area contributed by atoms with Gasteiger partial charge in [-0.3, -0.25) is 9.59 Å². The number of rotatable bonds is 13. The van der Waals surface area contributed by atoms with Crippen LogP contribution in [0.25, 0.3) is 10.9 Å². The highest BCUT2D eigenvalue weighted by Gasteiger charge is 2.13. The van der Waals surface area contributed by atoms with Crippen molar-refractivity contribution in [2.75, 3.05) is 47.1 Å². The van der Waals surface area contributed by atoms with Crippen LogP contribution in [0.5, 0.6) is 5.75 Å². The quantitative estimate of drug-likeness (QED) is 0.306. The molecule has 0 bridgehead atoms. The number of ether oxygens (including phenoxy) is 3. The van der Waals surface area contributed by atoms with Crippen LogP contribution in [-0.4, -0.2) is 74.0 Å². The molecule has 0 aliphatic rings. The topological polar surface area (TPSA) is 101 Å². The number of benzene rings is 1. The molecule has 8 nitrogen and oxygen atoms in total. The molecule has 28 heavy (non-hydrogen) atoms. The maximum atomic E-state index is 12.1. The van der Waals surface area contributed by atoms with Gasteiger partial charge in [0.2, 0.25) is 0 Å². The van der Waals surface area contributed by atoms with Gasteiger partial charge >= 0.3 is 11.9 Å². The lowest BCUT2D eigenvalue weighted by molar-refractivity contribution is -0.139. The number of nitrogens with one attached hydrogen (secondary N) is 1. The van der Waals surface area contributed by atoms with Crippen molar-refractivity contribution >= 4 is 22.8 Å². The van der Waals surface area contributed by atoms with Crippen molar-refractivity contribution in [1.82, 2.24) is 9.88 Å². The molecule has 0 radical (unpaired) electrons. The van der Waals surface area contributed by atoms with Crippen molar-refractivity contribution < 1.29 is 28.9 Å². The molecule has 0 saturated carbocycles. The second-order valence-corrected chi connectivity index (χ2v) is 6.64. The number of fused-ring (bicyclic) bond motifs is 1. The molecule has 0 unspecified atom stereocenters. The number of aliphatic carboxylic acids is 1. The molecule has 1 heterocycles. The molecular formula is C20H28N2O6. The van der Waals surface area contributed by atoms with Gasteiger partial charge in [-0.1, -0.05) is 6.07 Å². The molecule has 0 fully saturated rings. The van der Waals surface area contributed by atoms with E-state index in [1.807, 2.05) is 32.4 Å². The number of carboxylic acid groups (broad SMARTS) is 1. The number of nitrogens with zero attached hydrogens (tertiary/aromatic N) is 1. The van der Waals surface area contributed by atoms with Crippen LogP contribution in [0.2, 0.25) is 0 Å². The monoisotopic (exact) mass is 392 g/mol. The van der Waals surface area contributed by atoms with Gasteiger partial charge in [-0.05, 0) is 38.2 Å². The first-order valence-corrected chi connectivity index (χ1v) is 9.29. The van der Waals surface area contributed by atoms with E-state index in [1.165, 1.54) is 0 Å². The van der Waals surface area contributed by atoms with Gasteiger partial charge in [0.1, 0.15) is 5.75 Å². The van der Waals surface area contributed by atoms with Crippen LogP contribution in [0, 0.1) is 0 Å². The number of carboxylic acids is 1. The van der Waals surface area contributed by atoms with Crippen LogP contribution in [-0.2, 0) is 25.5 Å². The van der Waals surface area contributed by atoms with E-state index in [0.29, 0.717) is 19.0 Å². The summed E-state index contributed by atoms with van der Waals surface area (Å²) in [6, 6.07) is 5.60. The number of likely N-dealkylation sites (N-methyl/N-ethyl adjacent to an activating group) is 1. The molecule has 0 aliphatic carbocycles. The van der Waals surface area contributed by atoms with E-state index in [4.69, 9.17) is 19.3 Å². The molecule has 2 N–H and O–H groups in total.